The van der Waals surface area contributed by atoms with Crippen LogP contribution in [0.3, 0.4) is 0 Å². The van der Waals surface area contributed by atoms with Crippen molar-refractivity contribution in [1.29, 1.82) is 0 Å². The van der Waals surface area contributed by atoms with E-state index in [4.69, 9.17) is 10.3 Å². The van der Waals surface area contributed by atoms with Crippen LogP contribution in [0.25, 0.3) is 0 Å². The van der Waals surface area contributed by atoms with E-state index in [1.54, 1.807) is 6.07 Å². The standard InChI is InChI=1S/C6H7NO3S.C3H3Br2NO/c7-5-3-1-2-4-6(5)11(8,9)10;4-1-2(5)6-3(1)7/h1-4H,7H2,(H,8,9,10);1-2H,(H,6,7). The van der Waals surface area contributed by atoms with Gasteiger partial charge in [0.1, 0.15) is 14.7 Å². The predicted molar refractivity (Wildman–Crippen MR) is 74.2 cm³/mol. The normalized spacial score (nSPS) is 22.3. The molecule has 0 spiro atoms. The fraction of sp³-hybridized carbons (Fsp3) is 0.222. The molecule has 1 amide bonds. The van der Waals surface area contributed by atoms with E-state index in [1.807, 2.05) is 0 Å². The number of hydrogen-bond donors (Lipinski definition) is 3. The third kappa shape index (κ3) is 3.94. The highest BCUT2D eigenvalue weighted by molar-refractivity contribution is 9.12. The Bertz CT molecular complexity index is 549. The molecule has 1 aromatic carbocycles. The number of β-lactam (4-membered cyclic amide) rings is 1. The van der Waals surface area contributed by atoms with E-state index in [1.165, 1.54) is 18.2 Å². The van der Waals surface area contributed by atoms with Crippen molar-refractivity contribution in [3.05, 3.63) is 24.3 Å². The Hall–Kier alpha value is -0.640. The van der Waals surface area contributed by atoms with E-state index in [0.29, 0.717) is 0 Å². The molecule has 2 unspecified atom stereocenters. The van der Waals surface area contributed by atoms with Crippen LogP contribution in [0.4, 0.5) is 5.69 Å². The Labute approximate surface area is 121 Å². The number of amides is 1. The molecular formula is C9H10Br2N2O4S. The maximum absolute atomic E-state index is 10.5. The Balaban J connectivity index is 0.000000199. The van der Waals surface area contributed by atoms with Gasteiger partial charge in [0.2, 0.25) is 5.91 Å². The van der Waals surface area contributed by atoms with Crippen LogP contribution in [-0.2, 0) is 14.9 Å². The van der Waals surface area contributed by atoms with Gasteiger partial charge in [-0.25, -0.2) is 0 Å². The van der Waals surface area contributed by atoms with Gasteiger partial charge in [0.25, 0.3) is 10.1 Å². The van der Waals surface area contributed by atoms with E-state index < -0.39 is 10.1 Å². The van der Waals surface area contributed by atoms with Gasteiger partial charge in [-0.3, -0.25) is 9.35 Å². The third-order valence-corrected chi connectivity index (χ3v) is 5.32. The Morgan fingerprint density at radius 2 is 1.83 bits per heavy atom. The number of carbonyl (C=O) groups is 1. The van der Waals surface area contributed by atoms with Gasteiger partial charge < -0.3 is 11.1 Å². The maximum Gasteiger partial charge on any atom is 0.296 e. The molecule has 0 saturated carbocycles. The zero-order valence-electron chi connectivity index (χ0n) is 8.88. The average molecular weight is 402 g/mol. The summed E-state index contributed by atoms with van der Waals surface area (Å²) in [6, 6.07) is 5.72. The summed E-state index contributed by atoms with van der Waals surface area (Å²) < 4.78 is 29.6. The van der Waals surface area contributed by atoms with Crippen molar-refractivity contribution in [2.75, 3.05) is 5.73 Å². The molecule has 9 heteroatoms. The Kier molecular flexibility index (Phi) is 5.14. The highest BCUT2D eigenvalue weighted by atomic mass is 79.9. The molecule has 2 atom stereocenters. The summed E-state index contributed by atoms with van der Waals surface area (Å²) in [6.07, 6.45) is 0. The van der Waals surface area contributed by atoms with Crippen LogP contribution in [0.1, 0.15) is 0 Å². The van der Waals surface area contributed by atoms with Crippen LogP contribution in [0.15, 0.2) is 29.2 Å². The third-order valence-electron chi connectivity index (χ3n) is 1.98. The van der Waals surface area contributed by atoms with E-state index in [9.17, 15) is 13.2 Å². The Morgan fingerprint density at radius 3 is 2.06 bits per heavy atom. The largest absolute Gasteiger partial charge is 0.398 e. The smallest absolute Gasteiger partial charge is 0.296 e. The topological polar surface area (TPSA) is 109 Å². The fourth-order valence-corrected chi connectivity index (χ4v) is 2.39. The van der Waals surface area contributed by atoms with Crippen molar-refractivity contribution in [2.45, 2.75) is 14.7 Å². The first-order chi connectivity index (χ1) is 8.23. The van der Waals surface area contributed by atoms with Crippen molar-refractivity contribution >= 4 is 53.6 Å². The minimum Gasteiger partial charge on any atom is -0.398 e. The molecule has 0 aliphatic carbocycles. The molecule has 1 fully saturated rings. The maximum atomic E-state index is 10.5. The lowest BCUT2D eigenvalue weighted by molar-refractivity contribution is -0.125. The van der Waals surface area contributed by atoms with E-state index >= 15 is 0 Å². The monoisotopic (exact) mass is 400 g/mol. The summed E-state index contributed by atoms with van der Waals surface area (Å²) in [5.41, 5.74) is 5.32. The van der Waals surface area contributed by atoms with Crippen LogP contribution in [0.5, 0.6) is 0 Å². The van der Waals surface area contributed by atoms with Crippen molar-refractivity contribution in [1.82, 2.24) is 5.32 Å². The first kappa shape index (κ1) is 15.4. The molecule has 4 N–H and O–H groups in total. The molecule has 100 valence electrons. The van der Waals surface area contributed by atoms with E-state index in [-0.39, 0.29) is 26.3 Å². The molecule has 0 radical (unpaired) electrons. The molecule has 18 heavy (non-hydrogen) atoms. The molecular weight excluding hydrogens is 392 g/mol. The highest BCUT2D eigenvalue weighted by Gasteiger charge is 2.34. The summed E-state index contributed by atoms with van der Waals surface area (Å²) in [5, 5.41) is 2.59. The Morgan fingerprint density at radius 1 is 1.28 bits per heavy atom. The van der Waals surface area contributed by atoms with Gasteiger partial charge in [0.15, 0.2) is 0 Å². The van der Waals surface area contributed by atoms with Crippen molar-refractivity contribution in [2.24, 2.45) is 0 Å². The van der Waals surface area contributed by atoms with Crippen LogP contribution in [0, 0.1) is 0 Å². The molecule has 0 bridgehead atoms. The second kappa shape index (κ2) is 6.00. The van der Waals surface area contributed by atoms with Crippen LogP contribution < -0.4 is 11.1 Å². The molecule has 1 aliphatic rings. The van der Waals surface area contributed by atoms with Crippen LogP contribution >= 0.6 is 31.9 Å². The van der Waals surface area contributed by atoms with Gasteiger partial charge in [0, 0.05) is 0 Å². The second-order valence-electron chi connectivity index (χ2n) is 3.33. The lowest BCUT2D eigenvalue weighted by atomic mass is 10.3. The summed E-state index contributed by atoms with van der Waals surface area (Å²) in [5.74, 6) is 0.0573. The minimum absolute atomic E-state index is 0.0208. The number of nitrogens with two attached hydrogens (primary N) is 1. The molecule has 1 saturated heterocycles. The number of benzene rings is 1. The van der Waals surface area contributed by atoms with Crippen molar-refractivity contribution in [3.8, 4) is 0 Å². The molecule has 6 nitrogen and oxygen atoms in total. The molecule has 0 aromatic heterocycles. The summed E-state index contributed by atoms with van der Waals surface area (Å²) >= 11 is 6.32. The minimum atomic E-state index is -4.16. The SMILES string of the molecule is Nc1ccccc1S(=O)(=O)O.O=C1NC(Br)C1Br. The number of carbonyl (C=O) groups excluding carboxylic acids is 1. The number of hydrogen-bond acceptors (Lipinski definition) is 4. The van der Waals surface area contributed by atoms with Crippen LogP contribution in [-0.4, -0.2) is 28.7 Å². The first-order valence-electron chi connectivity index (χ1n) is 4.64. The van der Waals surface area contributed by atoms with Gasteiger partial charge in [-0.15, -0.1) is 0 Å². The quantitative estimate of drug-likeness (QED) is 0.215. The van der Waals surface area contributed by atoms with Gasteiger partial charge >= 0.3 is 0 Å². The first-order valence-corrected chi connectivity index (χ1v) is 7.91. The molecule has 1 heterocycles. The van der Waals surface area contributed by atoms with Crippen molar-refractivity contribution < 1.29 is 17.8 Å². The van der Waals surface area contributed by atoms with Crippen LogP contribution in [0.2, 0.25) is 0 Å². The second-order valence-corrected chi connectivity index (χ2v) is 6.69. The number of alkyl halides is 2. The molecule has 2 rings (SSSR count). The number of halogens is 2. The number of rotatable bonds is 1. The zero-order chi connectivity index (χ0) is 13.9. The number of nitrogens with one attached hydrogen (secondary N) is 1. The lowest BCUT2D eigenvalue weighted by Crippen LogP contribution is -2.55. The molecule has 1 aromatic rings. The number of anilines is 1. The highest BCUT2D eigenvalue weighted by Crippen LogP contribution is 2.19. The van der Waals surface area contributed by atoms with Gasteiger partial charge in [-0.2, -0.15) is 8.42 Å². The van der Waals surface area contributed by atoms with E-state index in [2.05, 4.69) is 37.2 Å². The lowest BCUT2D eigenvalue weighted by Gasteiger charge is -2.27. The summed E-state index contributed by atoms with van der Waals surface area (Å²) in [4.78, 5) is 10.1. The fourth-order valence-electron chi connectivity index (χ4n) is 1.04. The van der Waals surface area contributed by atoms with Gasteiger partial charge in [-0.1, -0.05) is 44.0 Å². The van der Waals surface area contributed by atoms with E-state index in [0.717, 1.165) is 0 Å². The predicted octanol–water partition coefficient (Wildman–Crippen LogP) is 1.12. The zero-order valence-corrected chi connectivity index (χ0v) is 12.9. The summed E-state index contributed by atoms with van der Waals surface area (Å²) in [6.45, 7) is 0. The average Bonchev–Trinajstić information content (AvgIpc) is 2.29. The number of para-hydroxylation sites is 1. The number of nitrogen functional groups attached to an aromatic ring is 1. The van der Waals surface area contributed by atoms with Crippen molar-refractivity contribution in [3.63, 3.8) is 0 Å². The van der Waals surface area contributed by atoms with Gasteiger partial charge in [-0.05, 0) is 12.1 Å². The van der Waals surface area contributed by atoms with Gasteiger partial charge in [0.05, 0.1) is 5.69 Å². The molecule has 1 aliphatic heterocycles. The summed E-state index contributed by atoms with van der Waals surface area (Å²) in [7, 11) is -4.16.